The molecule has 19 heavy (non-hydrogen) atoms. The molecule has 0 fully saturated rings. The summed E-state index contributed by atoms with van der Waals surface area (Å²) in [6.45, 7) is 2.13. The van der Waals surface area contributed by atoms with E-state index in [2.05, 4.69) is 26.2 Å². The van der Waals surface area contributed by atoms with E-state index in [1.54, 1.807) is 12.3 Å². The number of hydrogen-bond acceptors (Lipinski definition) is 4. The number of rotatable bonds is 4. The maximum atomic E-state index is 11.9. The minimum atomic E-state index is -0.677. The number of carbonyl (C=O) groups is 1. The summed E-state index contributed by atoms with van der Waals surface area (Å²) in [7, 11) is 0. The Balaban J connectivity index is 1.96. The number of pyridine rings is 1. The smallest absolute Gasteiger partial charge is 0.252 e. The van der Waals surface area contributed by atoms with E-state index in [9.17, 15) is 9.90 Å². The van der Waals surface area contributed by atoms with Crippen LogP contribution in [0.15, 0.2) is 34.4 Å². The molecule has 2 aromatic heterocycles. The van der Waals surface area contributed by atoms with Gasteiger partial charge in [0, 0.05) is 28.3 Å². The second-order valence-electron chi connectivity index (χ2n) is 4.09. The summed E-state index contributed by atoms with van der Waals surface area (Å²) in [5.74, 6) is -0.248. The first-order valence-electron chi connectivity index (χ1n) is 5.68. The third kappa shape index (κ3) is 3.62. The second kappa shape index (κ2) is 6.27. The molecule has 0 spiro atoms. The van der Waals surface area contributed by atoms with Crippen LogP contribution in [0.2, 0.25) is 0 Å². The predicted octanol–water partition coefficient (Wildman–Crippen LogP) is 2.68. The van der Waals surface area contributed by atoms with Crippen molar-refractivity contribution in [1.29, 1.82) is 0 Å². The van der Waals surface area contributed by atoms with Crippen LogP contribution < -0.4 is 5.32 Å². The van der Waals surface area contributed by atoms with Crippen molar-refractivity contribution in [2.75, 3.05) is 6.54 Å². The Morgan fingerprint density at radius 2 is 2.37 bits per heavy atom. The molecule has 2 rings (SSSR count). The number of amides is 1. The predicted molar refractivity (Wildman–Crippen MR) is 78.3 cm³/mol. The number of nitrogens with one attached hydrogen (secondary N) is 1. The Kier molecular flexibility index (Phi) is 4.68. The number of aryl methyl sites for hydroxylation is 1. The lowest BCUT2D eigenvalue weighted by Crippen LogP contribution is -2.28. The Morgan fingerprint density at radius 3 is 3.00 bits per heavy atom. The van der Waals surface area contributed by atoms with Gasteiger partial charge >= 0.3 is 0 Å². The number of thiophene rings is 1. The highest BCUT2D eigenvalue weighted by Crippen LogP contribution is 2.23. The largest absolute Gasteiger partial charge is 0.386 e. The van der Waals surface area contributed by atoms with Crippen LogP contribution in [0, 0.1) is 6.92 Å². The fraction of sp³-hybridized carbons (Fsp3) is 0.231. The monoisotopic (exact) mass is 340 g/mol. The molecule has 0 aliphatic carbocycles. The number of hydrogen-bond donors (Lipinski definition) is 2. The van der Waals surface area contributed by atoms with Gasteiger partial charge in [0.05, 0.1) is 5.56 Å². The van der Waals surface area contributed by atoms with Crippen molar-refractivity contribution in [3.8, 4) is 0 Å². The summed E-state index contributed by atoms with van der Waals surface area (Å²) in [4.78, 5) is 16.7. The van der Waals surface area contributed by atoms with Gasteiger partial charge in [-0.3, -0.25) is 9.78 Å². The highest BCUT2D eigenvalue weighted by Gasteiger charge is 2.14. The van der Waals surface area contributed by atoms with Crippen molar-refractivity contribution in [1.82, 2.24) is 10.3 Å². The van der Waals surface area contributed by atoms with Gasteiger partial charge in [0.2, 0.25) is 0 Å². The molecule has 100 valence electrons. The summed E-state index contributed by atoms with van der Waals surface area (Å²) in [6.07, 6.45) is 2.42. The number of nitrogens with zero attached hydrogens (tertiary/aromatic N) is 1. The highest BCUT2D eigenvalue weighted by atomic mass is 79.9. The van der Waals surface area contributed by atoms with E-state index in [0.717, 1.165) is 14.9 Å². The van der Waals surface area contributed by atoms with Crippen LogP contribution in [0.25, 0.3) is 0 Å². The molecule has 0 saturated carbocycles. The Labute approximate surface area is 123 Å². The average Bonchev–Trinajstić information content (AvgIpc) is 2.82. The third-order valence-corrected chi connectivity index (χ3v) is 4.18. The fourth-order valence-corrected chi connectivity index (χ4v) is 2.92. The van der Waals surface area contributed by atoms with Gasteiger partial charge in [-0.15, -0.1) is 11.3 Å². The summed E-state index contributed by atoms with van der Waals surface area (Å²) in [5.41, 5.74) is 1.50. The summed E-state index contributed by atoms with van der Waals surface area (Å²) in [6, 6.07) is 3.63. The molecular formula is C13H13BrN2O2S. The summed E-state index contributed by atoms with van der Waals surface area (Å²) < 4.78 is 0.745. The van der Waals surface area contributed by atoms with Crippen LogP contribution in [-0.4, -0.2) is 22.5 Å². The molecule has 0 aromatic carbocycles. The first-order valence-corrected chi connectivity index (χ1v) is 7.36. The van der Waals surface area contributed by atoms with Crippen molar-refractivity contribution in [3.63, 3.8) is 0 Å². The molecule has 1 unspecified atom stereocenters. The van der Waals surface area contributed by atoms with Crippen molar-refractivity contribution in [2.45, 2.75) is 13.0 Å². The normalized spacial score (nSPS) is 12.2. The fourth-order valence-electron chi connectivity index (χ4n) is 1.65. The zero-order valence-electron chi connectivity index (χ0n) is 10.3. The zero-order valence-corrected chi connectivity index (χ0v) is 12.7. The third-order valence-electron chi connectivity index (χ3n) is 2.63. The second-order valence-corrected chi connectivity index (χ2v) is 5.95. The molecule has 0 aliphatic heterocycles. The van der Waals surface area contributed by atoms with Crippen molar-refractivity contribution in [3.05, 3.63) is 50.4 Å². The lowest BCUT2D eigenvalue weighted by atomic mass is 10.2. The molecule has 1 atom stereocenters. The minimum Gasteiger partial charge on any atom is -0.386 e. The number of aliphatic hydroxyl groups is 1. The molecule has 2 aromatic rings. The molecule has 6 heteroatoms. The van der Waals surface area contributed by atoms with E-state index in [0.29, 0.717) is 5.56 Å². The van der Waals surface area contributed by atoms with Gasteiger partial charge in [-0.05, 0) is 45.9 Å². The van der Waals surface area contributed by atoms with Crippen LogP contribution >= 0.6 is 27.3 Å². The molecule has 1 amide bonds. The Hall–Kier alpha value is -1.24. The molecular weight excluding hydrogens is 328 g/mol. The highest BCUT2D eigenvalue weighted by molar-refractivity contribution is 9.10. The Bertz CT molecular complexity index is 586. The van der Waals surface area contributed by atoms with Crippen LogP contribution in [0.5, 0.6) is 0 Å². The number of aliphatic hydroxyl groups excluding tert-OH is 1. The van der Waals surface area contributed by atoms with Crippen molar-refractivity contribution in [2.24, 2.45) is 0 Å². The van der Waals surface area contributed by atoms with Gasteiger partial charge < -0.3 is 10.4 Å². The number of carbonyl (C=O) groups excluding carboxylic acids is 1. The lowest BCUT2D eigenvalue weighted by molar-refractivity contribution is 0.0917. The average molecular weight is 341 g/mol. The minimum absolute atomic E-state index is 0.187. The maximum Gasteiger partial charge on any atom is 0.252 e. The number of aromatic nitrogens is 1. The van der Waals surface area contributed by atoms with E-state index in [-0.39, 0.29) is 12.5 Å². The SMILES string of the molecule is Cc1ccsc1C(O)CNC(=O)c1cncc(Br)c1. The van der Waals surface area contributed by atoms with Crippen LogP contribution in [-0.2, 0) is 0 Å². The lowest BCUT2D eigenvalue weighted by Gasteiger charge is -2.11. The quantitative estimate of drug-likeness (QED) is 0.899. The first kappa shape index (κ1) is 14.2. The van der Waals surface area contributed by atoms with Gasteiger partial charge in [-0.25, -0.2) is 0 Å². The topological polar surface area (TPSA) is 62.2 Å². The van der Waals surface area contributed by atoms with Crippen LogP contribution in [0.1, 0.15) is 26.9 Å². The van der Waals surface area contributed by atoms with Crippen LogP contribution in [0.3, 0.4) is 0 Å². The maximum absolute atomic E-state index is 11.9. The molecule has 0 bridgehead atoms. The van der Waals surface area contributed by atoms with Gasteiger partial charge in [0.1, 0.15) is 6.10 Å². The standard InChI is InChI=1S/C13H13BrN2O2S/c1-8-2-3-19-12(8)11(17)7-16-13(18)9-4-10(14)6-15-5-9/h2-6,11,17H,7H2,1H3,(H,16,18). The Morgan fingerprint density at radius 1 is 1.58 bits per heavy atom. The molecule has 2 heterocycles. The molecule has 0 saturated heterocycles. The van der Waals surface area contributed by atoms with Crippen LogP contribution in [0.4, 0.5) is 0 Å². The van der Waals surface area contributed by atoms with Gasteiger partial charge in [-0.1, -0.05) is 0 Å². The molecule has 0 aliphatic rings. The van der Waals surface area contributed by atoms with E-state index in [1.165, 1.54) is 17.5 Å². The molecule has 4 nitrogen and oxygen atoms in total. The van der Waals surface area contributed by atoms with E-state index in [4.69, 9.17) is 0 Å². The van der Waals surface area contributed by atoms with Gasteiger partial charge in [-0.2, -0.15) is 0 Å². The van der Waals surface area contributed by atoms with Gasteiger partial charge in [0.25, 0.3) is 5.91 Å². The molecule has 0 radical (unpaired) electrons. The van der Waals surface area contributed by atoms with Crippen molar-refractivity contribution < 1.29 is 9.90 Å². The summed E-state index contributed by atoms with van der Waals surface area (Å²) in [5, 5.41) is 14.6. The van der Waals surface area contributed by atoms with E-state index >= 15 is 0 Å². The van der Waals surface area contributed by atoms with Gasteiger partial charge in [0.15, 0.2) is 0 Å². The molecule has 2 N–H and O–H groups in total. The summed E-state index contributed by atoms with van der Waals surface area (Å²) >= 11 is 4.75. The van der Waals surface area contributed by atoms with E-state index in [1.807, 2.05) is 18.4 Å². The van der Waals surface area contributed by atoms with Crippen molar-refractivity contribution >= 4 is 33.2 Å². The first-order chi connectivity index (χ1) is 9.08. The van der Waals surface area contributed by atoms with E-state index < -0.39 is 6.10 Å². The zero-order chi connectivity index (χ0) is 13.8. The number of halogens is 1.